The number of esters is 1. The van der Waals surface area contributed by atoms with Gasteiger partial charge in [0.15, 0.2) is 6.10 Å². The fourth-order valence-corrected chi connectivity index (χ4v) is 1.74. The molecule has 0 aromatic heterocycles. The summed E-state index contributed by atoms with van der Waals surface area (Å²) in [7, 11) is 0. The van der Waals surface area contributed by atoms with Crippen molar-refractivity contribution in [1.29, 1.82) is 0 Å². The van der Waals surface area contributed by atoms with Crippen LogP contribution in [0.15, 0.2) is 36.9 Å². The molecule has 0 spiro atoms. The molecule has 0 aliphatic carbocycles. The van der Waals surface area contributed by atoms with Crippen molar-refractivity contribution in [1.82, 2.24) is 0 Å². The first-order valence-electron chi connectivity index (χ1n) is 6.70. The van der Waals surface area contributed by atoms with Crippen molar-refractivity contribution in [3.63, 3.8) is 0 Å². The Labute approximate surface area is 120 Å². The minimum Gasteiger partial charge on any atom is -0.479 e. The molecular weight excluding hydrogens is 256 g/mol. The van der Waals surface area contributed by atoms with Gasteiger partial charge in [-0.15, -0.1) is 0 Å². The van der Waals surface area contributed by atoms with Gasteiger partial charge in [0.1, 0.15) is 12.4 Å². The van der Waals surface area contributed by atoms with Gasteiger partial charge < -0.3 is 14.6 Å². The van der Waals surface area contributed by atoms with Crippen LogP contribution in [0.1, 0.15) is 25.8 Å². The van der Waals surface area contributed by atoms with E-state index in [4.69, 9.17) is 14.6 Å². The van der Waals surface area contributed by atoms with Crippen LogP contribution in [0.25, 0.3) is 0 Å². The Kier molecular flexibility index (Phi) is 6.81. The molecular formula is C16H22O4. The summed E-state index contributed by atoms with van der Waals surface area (Å²) in [4.78, 5) is 12.0. The second-order valence-electron chi connectivity index (χ2n) is 4.96. The Morgan fingerprint density at radius 3 is 2.80 bits per heavy atom. The molecule has 110 valence electrons. The van der Waals surface area contributed by atoms with Crippen molar-refractivity contribution in [3.8, 4) is 5.75 Å². The zero-order valence-corrected chi connectivity index (χ0v) is 12.0. The van der Waals surface area contributed by atoms with Crippen molar-refractivity contribution < 1.29 is 19.4 Å². The first kappa shape index (κ1) is 16.2. The van der Waals surface area contributed by atoms with E-state index >= 15 is 0 Å². The monoisotopic (exact) mass is 278 g/mol. The quantitative estimate of drug-likeness (QED) is 0.587. The van der Waals surface area contributed by atoms with Crippen LogP contribution in [-0.4, -0.2) is 23.8 Å². The topological polar surface area (TPSA) is 55.8 Å². The number of aliphatic hydroxyl groups is 1. The summed E-state index contributed by atoms with van der Waals surface area (Å²) in [5.74, 6) is 0.461. The van der Waals surface area contributed by atoms with Crippen LogP contribution in [0.4, 0.5) is 0 Å². The Morgan fingerprint density at radius 2 is 2.20 bits per heavy atom. The van der Waals surface area contributed by atoms with Crippen LogP contribution >= 0.6 is 0 Å². The molecule has 4 heteroatoms. The zero-order chi connectivity index (χ0) is 15.0. The molecule has 1 rings (SSSR count). The van der Waals surface area contributed by atoms with Gasteiger partial charge in [0.05, 0.1) is 6.61 Å². The normalized spacial score (nSPS) is 12.0. The SMILES string of the molecule is C=CCOC(=O)[C@H](CC(C)C)Oc1cccc(CO)c1. The molecule has 1 atom stereocenters. The van der Waals surface area contributed by atoms with Crippen LogP contribution < -0.4 is 4.74 Å². The van der Waals surface area contributed by atoms with E-state index in [9.17, 15) is 4.79 Å². The van der Waals surface area contributed by atoms with Crippen LogP contribution in [0.3, 0.4) is 0 Å². The molecule has 0 unspecified atom stereocenters. The van der Waals surface area contributed by atoms with E-state index in [0.717, 1.165) is 5.56 Å². The molecule has 0 radical (unpaired) electrons. The summed E-state index contributed by atoms with van der Waals surface area (Å²) >= 11 is 0. The van der Waals surface area contributed by atoms with Crippen LogP contribution in [0, 0.1) is 5.92 Å². The van der Waals surface area contributed by atoms with E-state index in [0.29, 0.717) is 18.1 Å². The van der Waals surface area contributed by atoms with Crippen LogP contribution in [0.5, 0.6) is 5.75 Å². The largest absolute Gasteiger partial charge is 0.479 e. The number of carbonyl (C=O) groups is 1. The molecule has 20 heavy (non-hydrogen) atoms. The zero-order valence-electron chi connectivity index (χ0n) is 12.0. The van der Waals surface area contributed by atoms with Gasteiger partial charge >= 0.3 is 5.97 Å². The lowest BCUT2D eigenvalue weighted by atomic mass is 10.1. The van der Waals surface area contributed by atoms with Gasteiger partial charge in [0.2, 0.25) is 0 Å². The van der Waals surface area contributed by atoms with Gasteiger partial charge in [-0.2, -0.15) is 0 Å². The maximum absolute atomic E-state index is 12.0. The van der Waals surface area contributed by atoms with Crippen molar-refractivity contribution in [3.05, 3.63) is 42.5 Å². The Balaban J connectivity index is 2.76. The number of ether oxygens (including phenoxy) is 2. The van der Waals surface area contributed by atoms with Gasteiger partial charge in [-0.25, -0.2) is 4.79 Å². The smallest absolute Gasteiger partial charge is 0.347 e. The standard InChI is InChI=1S/C16H22O4/c1-4-8-19-16(18)15(9-12(2)3)20-14-7-5-6-13(10-14)11-17/h4-7,10,12,15,17H,1,8-9,11H2,2-3H3/t15-/m0/s1. The highest BCUT2D eigenvalue weighted by molar-refractivity contribution is 5.75. The molecule has 1 aromatic carbocycles. The summed E-state index contributed by atoms with van der Waals surface area (Å²) in [6, 6.07) is 7.05. The predicted molar refractivity (Wildman–Crippen MR) is 77.4 cm³/mol. The Hall–Kier alpha value is -1.81. The molecule has 0 bridgehead atoms. The summed E-state index contributed by atoms with van der Waals surface area (Å²) in [5, 5.41) is 9.11. The number of hydrogen-bond acceptors (Lipinski definition) is 4. The second kappa shape index (κ2) is 8.38. The van der Waals surface area contributed by atoms with E-state index in [-0.39, 0.29) is 13.2 Å². The van der Waals surface area contributed by atoms with Gasteiger partial charge in [-0.05, 0) is 30.0 Å². The molecule has 0 heterocycles. The van der Waals surface area contributed by atoms with Gasteiger partial charge in [0.25, 0.3) is 0 Å². The lowest BCUT2D eigenvalue weighted by molar-refractivity contribution is -0.151. The van der Waals surface area contributed by atoms with E-state index in [2.05, 4.69) is 6.58 Å². The van der Waals surface area contributed by atoms with E-state index in [1.807, 2.05) is 13.8 Å². The predicted octanol–water partition coefficient (Wildman–Crippen LogP) is 2.70. The highest BCUT2D eigenvalue weighted by atomic mass is 16.6. The molecule has 0 saturated heterocycles. The highest BCUT2D eigenvalue weighted by Gasteiger charge is 2.23. The Bertz CT molecular complexity index is 440. The summed E-state index contributed by atoms with van der Waals surface area (Å²) < 4.78 is 10.8. The van der Waals surface area contributed by atoms with Gasteiger partial charge in [-0.3, -0.25) is 0 Å². The van der Waals surface area contributed by atoms with Crippen molar-refractivity contribution in [2.24, 2.45) is 5.92 Å². The molecule has 0 aliphatic rings. The van der Waals surface area contributed by atoms with Crippen molar-refractivity contribution >= 4 is 5.97 Å². The van der Waals surface area contributed by atoms with Crippen LogP contribution in [-0.2, 0) is 16.1 Å². The van der Waals surface area contributed by atoms with Gasteiger partial charge in [-0.1, -0.05) is 38.6 Å². The molecule has 0 amide bonds. The maximum Gasteiger partial charge on any atom is 0.347 e. The van der Waals surface area contributed by atoms with Gasteiger partial charge in [0, 0.05) is 0 Å². The first-order valence-corrected chi connectivity index (χ1v) is 6.70. The summed E-state index contributed by atoms with van der Waals surface area (Å²) in [6.07, 6.45) is 1.44. The lowest BCUT2D eigenvalue weighted by Crippen LogP contribution is -2.31. The van der Waals surface area contributed by atoms with E-state index in [1.54, 1.807) is 24.3 Å². The minimum absolute atomic E-state index is 0.0625. The molecule has 0 aliphatic heterocycles. The first-order chi connectivity index (χ1) is 9.56. The number of hydrogen-bond donors (Lipinski definition) is 1. The molecule has 1 aromatic rings. The lowest BCUT2D eigenvalue weighted by Gasteiger charge is -2.19. The van der Waals surface area contributed by atoms with Crippen LogP contribution in [0.2, 0.25) is 0 Å². The third kappa shape index (κ3) is 5.45. The number of rotatable bonds is 8. The second-order valence-corrected chi connectivity index (χ2v) is 4.96. The van der Waals surface area contributed by atoms with E-state index < -0.39 is 12.1 Å². The number of benzene rings is 1. The number of carbonyl (C=O) groups excluding carboxylic acids is 1. The molecule has 4 nitrogen and oxygen atoms in total. The molecule has 0 fully saturated rings. The Morgan fingerprint density at radius 1 is 1.45 bits per heavy atom. The fourth-order valence-electron chi connectivity index (χ4n) is 1.74. The molecule has 1 N–H and O–H groups in total. The third-order valence-electron chi connectivity index (χ3n) is 2.65. The average molecular weight is 278 g/mol. The summed E-state index contributed by atoms with van der Waals surface area (Å²) in [5.41, 5.74) is 0.741. The van der Waals surface area contributed by atoms with Crippen molar-refractivity contribution in [2.75, 3.05) is 6.61 Å². The number of aliphatic hydroxyl groups excluding tert-OH is 1. The maximum atomic E-state index is 12.0. The van der Waals surface area contributed by atoms with E-state index in [1.165, 1.54) is 6.08 Å². The molecule has 0 saturated carbocycles. The minimum atomic E-state index is -0.649. The fraction of sp³-hybridized carbons (Fsp3) is 0.438. The average Bonchev–Trinajstić information content (AvgIpc) is 2.43. The highest BCUT2D eigenvalue weighted by Crippen LogP contribution is 2.18. The third-order valence-corrected chi connectivity index (χ3v) is 2.65. The summed E-state index contributed by atoms with van der Waals surface area (Å²) in [6.45, 7) is 7.66. The van der Waals surface area contributed by atoms with Crippen molar-refractivity contribution in [2.45, 2.75) is 33.0 Å².